The van der Waals surface area contributed by atoms with Gasteiger partial charge < -0.3 is 9.52 Å². The average molecular weight is 301 g/mol. The summed E-state index contributed by atoms with van der Waals surface area (Å²) in [5.74, 6) is 1.19. The van der Waals surface area contributed by atoms with E-state index in [0.29, 0.717) is 23.0 Å². The molecule has 1 aromatic heterocycles. The molecule has 1 atom stereocenters. The van der Waals surface area contributed by atoms with Gasteiger partial charge in [-0.25, -0.2) is 13.1 Å². The van der Waals surface area contributed by atoms with Crippen LogP contribution in [0.5, 0.6) is 0 Å². The van der Waals surface area contributed by atoms with E-state index in [4.69, 9.17) is 4.42 Å². The summed E-state index contributed by atoms with van der Waals surface area (Å²) in [6.45, 7) is 4.85. The molecule has 1 aromatic rings. The Morgan fingerprint density at radius 2 is 1.90 bits per heavy atom. The first-order valence-electron chi connectivity index (χ1n) is 7.09. The molecule has 1 saturated carbocycles. The monoisotopic (exact) mass is 301 g/mol. The minimum absolute atomic E-state index is 0.0938. The quantitative estimate of drug-likeness (QED) is 0.874. The van der Waals surface area contributed by atoms with Crippen molar-refractivity contribution in [1.82, 2.24) is 4.72 Å². The van der Waals surface area contributed by atoms with Crippen LogP contribution in [0, 0.1) is 19.8 Å². The standard InChI is InChI=1S/C14H23NO4S/c1-9(12-6-4-5-7-12)15-20(17,18)14-11(3)19-10(2)13(14)8-16/h9,12,15-16H,4-8H2,1-3H3. The molecule has 0 aromatic carbocycles. The highest BCUT2D eigenvalue weighted by molar-refractivity contribution is 7.89. The van der Waals surface area contributed by atoms with Gasteiger partial charge in [-0.2, -0.15) is 0 Å². The Balaban J connectivity index is 2.26. The van der Waals surface area contributed by atoms with E-state index in [1.54, 1.807) is 13.8 Å². The fraction of sp³-hybridized carbons (Fsp3) is 0.714. The highest BCUT2D eigenvalue weighted by Crippen LogP contribution is 2.30. The van der Waals surface area contributed by atoms with Gasteiger partial charge in [-0.05, 0) is 39.5 Å². The average Bonchev–Trinajstić information content (AvgIpc) is 2.95. The Kier molecular flexibility index (Phi) is 4.56. The second kappa shape index (κ2) is 5.87. The Morgan fingerprint density at radius 3 is 2.45 bits per heavy atom. The van der Waals surface area contributed by atoms with Crippen molar-refractivity contribution < 1.29 is 17.9 Å². The van der Waals surface area contributed by atoms with Crippen molar-refractivity contribution in [3.8, 4) is 0 Å². The van der Waals surface area contributed by atoms with Gasteiger partial charge in [-0.15, -0.1) is 0 Å². The number of nitrogens with one attached hydrogen (secondary N) is 1. The Labute approximate surface area is 120 Å². The predicted molar refractivity (Wildman–Crippen MR) is 75.8 cm³/mol. The van der Waals surface area contributed by atoms with E-state index < -0.39 is 10.0 Å². The molecule has 1 unspecified atom stereocenters. The summed E-state index contributed by atoms with van der Waals surface area (Å²) in [6, 6.07) is -0.0938. The van der Waals surface area contributed by atoms with Crippen molar-refractivity contribution in [2.45, 2.75) is 64.0 Å². The number of sulfonamides is 1. The van der Waals surface area contributed by atoms with Gasteiger partial charge in [0.05, 0.1) is 6.61 Å². The third kappa shape index (κ3) is 2.92. The van der Waals surface area contributed by atoms with Gasteiger partial charge in [-0.3, -0.25) is 0 Å². The number of aliphatic hydroxyl groups excluding tert-OH is 1. The molecule has 2 rings (SSSR count). The molecular formula is C14H23NO4S. The van der Waals surface area contributed by atoms with E-state index >= 15 is 0 Å². The van der Waals surface area contributed by atoms with Gasteiger partial charge >= 0.3 is 0 Å². The molecule has 114 valence electrons. The molecule has 0 spiro atoms. The molecule has 0 amide bonds. The molecule has 1 fully saturated rings. The van der Waals surface area contributed by atoms with Crippen molar-refractivity contribution in [3.05, 3.63) is 17.1 Å². The van der Waals surface area contributed by atoms with Crippen LogP contribution in [-0.4, -0.2) is 19.6 Å². The van der Waals surface area contributed by atoms with E-state index in [2.05, 4.69) is 4.72 Å². The first-order chi connectivity index (χ1) is 9.36. The lowest BCUT2D eigenvalue weighted by Gasteiger charge is -2.20. The fourth-order valence-electron chi connectivity index (χ4n) is 3.10. The Bertz CT molecular complexity index is 570. The predicted octanol–water partition coefficient (Wildman–Crippen LogP) is 2.25. The number of aryl methyl sites for hydroxylation is 2. The second-order valence-corrected chi connectivity index (χ2v) is 7.29. The molecule has 0 aliphatic heterocycles. The fourth-order valence-corrected chi connectivity index (χ4v) is 4.85. The van der Waals surface area contributed by atoms with Crippen molar-refractivity contribution >= 4 is 10.0 Å². The zero-order valence-corrected chi connectivity index (χ0v) is 13.1. The van der Waals surface area contributed by atoms with Gasteiger partial charge in [0.2, 0.25) is 10.0 Å². The van der Waals surface area contributed by atoms with E-state index in [1.165, 1.54) is 12.8 Å². The third-order valence-corrected chi connectivity index (χ3v) is 5.95. The number of rotatable bonds is 5. The maximum atomic E-state index is 12.5. The zero-order chi connectivity index (χ0) is 14.9. The summed E-state index contributed by atoms with van der Waals surface area (Å²) in [7, 11) is -3.65. The van der Waals surface area contributed by atoms with Crippen molar-refractivity contribution in [2.75, 3.05) is 0 Å². The molecule has 0 bridgehead atoms. The van der Waals surface area contributed by atoms with Crippen LogP contribution in [0.25, 0.3) is 0 Å². The van der Waals surface area contributed by atoms with Crippen LogP contribution >= 0.6 is 0 Å². The number of aliphatic hydroxyl groups is 1. The summed E-state index contributed by atoms with van der Waals surface area (Å²) in [4.78, 5) is 0.0994. The summed E-state index contributed by atoms with van der Waals surface area (Å²) >= 11 is 0. The first-order valence-corrected chi connectivity index (χ1v) is 8.57. The molecular weight excluding hydrogens is 278 g/mol. The summed E-state index contributed by atoms with van der Waals surface area (Å²) in [5.41, 5.74) is 0.355. The van der Waals surface area contributed by atoms with Crippen LogP contribution in [0.15, 0.2) is 9.31 Å². The molecule has 0 saturated heterocycles. The number of furan rings is 1. The topological polar surface area (TPSA) is 79.5 Å². The molecule has 2 N–H and O–H groups in total. The largest absolute Gasteiger partial charge is 0.465 e. The van der Waals surface area contributed by atoms with Gasteiger partial charge in [0.1, 0.15) is 16.4 Å². The number of hydrogen-bond donors (Lipinski definition) is 2. The minimum Gasteiger partial charge on any atom is -0.465 e. The van der Waals surface area contributed by atoms with Gasteiger partial charge in [0.25, 0.3) is 0 Å². The highest BCUT2D eigenvalue weighted by atomic mass is 32.2. The minimum atomic E-state index is -3.65. The van der Waals surface area contributed by atoms with Crippen molar-refractivity contribution in [2.24, 2.45) is 5.92 Å². The molecule has 20 heavy (non-hydrogen) atoms. The van der Waals surface area contributed by atoms with Crippen LogP contribution in [0.2, 0.25) is 0 Å². The highest BCUT2D eigenvalue weighted by Gasteiger charge is 2.30. The molecule has 1 aliphatic carbocycles. The van der Waals surface area contributed by atoms with Crippen LogP contribution in [-0.2, 0) is 16.6 Å². The third-order valence-electron chi connectivity index (χ3n) is 4.20. The molecule has 1 aliphatic rings. The smallest absolute Gasteiger partial charge is 0.244 e. The van der Waals surface area contributed by atoms with Gasteiger partial charge in [-0.1, -0.05) is 12.8 Å². The van der Waals surface area contributed by atoms with Crippen LogP contribution in [0.4, 0.5) is 0 Å². The molecule has 6 heteroatoms. The van der Waals surface area contributed by atoms with Crippen molar-refractivity contribution in [1.29, 1.82) is 0 Å². The van der Waals surface area contributed by atoms with E-state index in [9.17, 15) is 13.5 Å². The van der Waals surface area contributed by atoms with Crippen LogP contribution in [0.3, 0.4) is 0 Å². The Hall–Kier alpha value is -0.850. The van der Waals surface area contributed by atoms with Crippen LogP contribution in [0.1, 0.15) is 49.7 Å². The van der Waals surface area contributed by atoms with Gasteiger partial charge in [0.15, 0.2) is 0 Å². The lowest BCUT2D eigenvalue weighted by Crippen LogP contribution is -2.37. The van der Waals surface area contributed by atoms with Gasteiger partial charge in [0, 0.05) is 11.6 Å². The lowest BCUT2D eigenvalue weighted by atomic mass is 10.0. The first kappa shape index (κ1) is 15.5. The SMILES string of the molecule is Cc1oc(C)c(S(=O)(=O)NC(C)C2CCCC2)c1CO. The summed E-state index contributed by atoms with van der Waals surface area (Å²) < 4.78 is 33.2. The summed E-state index contributed by atoms with van der Waals surface area (Å²) in [6.07, 6.45) is 4.48. The molecule has 0 radical (unpaired) electrons. The van der Waals surface area contributed by atoms with Crippen LogP contribution < -0.4 is 4.72 Å². The molecule has 1 heterocycles. The maximum absolute atomic E-state index is 12.5. The maximum Gasteiger partial charge on any atom is 0.244 e. The molecule has 5 nitrogen and oxygen atoms in total. The Morgan fingerprint density at radius 1 is 1.30 bits per heavy atom. The van der Waals surface area contributed by atoms with E-state index in [-0.39, 0.29) is 17.5 Å². The van der Waals surface area contributed by atoms with E-state index in [0.717, 1.165) is 12.8 Å². The zero-order valence-electron chi connectivity index (χ0n) is 12.3. The normalized spacial score (nSPS) is 18.6. The van der Waals surface area contributed by atoms with Crippen molar-refractivity contribution in [3.63, 3.8) is 0 Å². The number of hydrogen-bond acceptors (Lipinski definition) is 4. The lowest BCUT2D eigenvalue weighted by molar-refractivity contribution is 0.276. The summed E-state index contributed by atoms with van der Waals surface area (Å²) in [5, 5.41) is 9.37. The van der Waals surface area contributed by atoms with E-state index in [1.807, 2.05) is 6.92 Å². The second-order valence-electron chi connectivity index (χ2n) is 5.63.